The predicted octanol–water partition coefficient (Wildman–Crippen LogP) is 1.79. The summed E-state index contributed by atoms with van der Waals surface area (Å²) in [4.78, 5) is 25.4. The van der Waals surface area contributed by atoms with Crippen molar-refractivity contribution in [2.24, 2.45) is 5.41 Å². The highest BCUT2D eigenvalue weighted by molar-refractivity contribution is 6.01. The van der Waals surface area contributed by atoms with Gasteiger partial charge in [0, 0.05) is 12.1 Å². The van der Waals surface area contributed by atoms with Crippen molar-refractivity contribution in [2.75, 3.05) is 20.8 Å². The van der Waals surface area contributed by atoms with Crippen LogP contribution in [0, 0.1) is 5.41 Å². The summed E-state index contributed by atoms with van der Waals surface area (Å²) in [5.41, 5.74) is -0.0486. The van der Waals surface area contributed by atoms with E-state index in [0.29, 0.717) is 12.2 Å². The monoisotopic (exact) mass is 315 g/mol. The normalized spacial score (nSPS) is 30.2. The van der Waals surface area contributed by atoms with Gasteiger partial charge in [0.1, 0.15) is 11.2 Å². The summed E-state index contributed by atoms with van der Waals surface area (Å²) in [6.07, 6.45) is 2.90. The molecule has 1 aromatic carbocycles. The van der Waals surface area contributed by atoms with E-state index in [9.17, 15) is 9.59 Å². The molecule has 0 saturated carbocycles. The number of carbonyl (C=O) groups is 2. The van der Waals surface area contributed by atoms with Gasteiger partial charge in [-0.05, 0) is 24.9 Å². The van der Waals surface area contributed by atoms with Crippen LogP contribution in [0.2, 0.25) is 0 Å². The molecule has 0 aromatic heterocycles. The molecule has 1 heterocycles. The number of esters is 1. The molecule has 0 amide bonds. The summed E-state index contributed by atoms with van der Waals surface area (Å²) in [5.74, 6) is -0.420. The molecule has 23 heavy (non-hydrogen) atoms. The van der Waals surface area contributed by atoms with Gasteiger partial charge in [-0.2, -0.15) is 0 Å². The van der Waals surface area contributed by atoms with Gasteiger partial charge in [0.25, 0.3) is 0 Å². The number of rotatable bonds is 3. The number of benzene rings is 1. The molecule has 0 bridgehead atoms. The van der Waals surface area contributed by atoms with Crippen LogP contribution in [0.5, 0.6) is 0 Å². The maximum absolute atomic E-state index is 12.7. The van der Waals surface area contributed by atoms with Crippen LogP contribution < -0.4 is 5.32 Å². The maximum Gasteiger partial charge on any atom is 0.321 e. The lowest BCUT2D eigenvalue weighted by molar-refractivity contribution is -0.158. The molecule has 0 spiro atoms. The Hall–Kier alpha value is -2.14. The molecule has 5 nitrogen and oxygen atoms in total. The van der Waals surface area contributed by atoms with E-state index in [1.807, 2.05) is 30.3 Å². The predicted molar refractivity (Wildman–Crippen MR) is 84.8 cm³/mol. The Morgan fingerprint density at radius 2 is 2.00 bits per heavy atom. The summed E-state index contributed by atoms with van der Waals surface area (Å²) < 4.78 is 10.5. The third-order valence-corrected chi connectivity index (χ3v) is 4.92. The summed E-state index contributed by atoms with van der Waals surface area (Å²) in [5, 5.41) is 3.38. The Kier molecular flexibility index (Phi) is 4.22. The number of ketones is 1. The van der Waals surface area contributed by atoms with E-state index in [1.165, 1.54) is 20.3 Å². The van der Waals surface area contributed by atoms with Crippen molar-refractivity contribution in [3.05, 3.63) is 47.7 Å². The van der Waals surface area contributed by atoms with Crippen molar-refractivity contribution in [1.29, 1.82) is 0 Å². The highest BCUT2D eigenvalue weighted by Crippen LogP contribution is 2.48. The zero-order valence-corrected chi connectivity index (χ0v) is 13.4. The van der Waals surface area contributed by atoms with Gasteiger partial charge in [-0.1, -0.05) is 30.3 Å². The van der Waals surface area contributed by atoms with E-state index in [1.54, 1.807) is 0 Å². The van der Waals surface area contributed by atoms with Crippen LogP contribution in [-0.4, -0.2) is 38.6 Å². The smallest absolute Gasteiger partial charge is 0.321 e. The fraction of sp³-hybridized carbons (Fsp3) is 0.444. The number of fused-ring (bicyclic) bond motifs is 1. The number of piperidine rings is 1. The minimum absolute atomic E-state index is 0.0491. The summed E-state index contributed by atoms with van der Waals surface area (Å²) >= 11 is 0. The van der Waals surface area contributed by atoms with Gasteiger partial charge in [-0.15, -0.1) is 0 Å². The van der Waals surface area contributed by atoms with Crippen LogP contribution in [0.15, 0.2) is 42.2 Å². The second kappa shape index (κ2) is 6.16. The molecule has 3 rings (SSSR count). The van der Waals surface area contributed by atoms with Gasteiger partial charge in [-0.3, -0.25) is 9.59 Å². The van der Waals surface area contributed by atoms with E-state index in [2.05, 4.69) is 5.32 Å². The van der Waals surface area contributed by atoms with Crippen molar-refractivity contribution in [3.8, 4) is 0 Å². The van der Waals surface area contributed by atoms with Crippen LogP contribution >= 0.6 is 0 Å². The molecule has 0 radical (unpaired) electrons. The maximum atomic E-state index is 12.7. The van der Waals surface area contributed by atoms with Crippen LogP contribution in [0.3, 0.4) is 0 Å². The molecule has 1 aliphatic heterocycles. The first-order valence-electron chi connectivity index (χ1n) is 7.82. The second-order valence-electron chi connectivity index (χ2n) is 6.00. The molecule has 5 heteroatoms. The number of carbonyl (C=O) groups excluding carboxylic acids is 2. The minimum Gasteiger partial charge on any atom is -0.500 e. The third-order valence-electron chi connectivity index (χ3n) is 4.92. The molecule has 1 saturated heterocycles. The molecule has 0 unspecified atom stereocenters. The molecule has 3 atom stereocenters. The number of methoxy groups -OCH3 is 2. The zero-order chi connectivity index (χ0) is 16.4. The minimum atomic E-state index is -0.948. The molecule has 1 fully saturated rings. The first-order chi connectivity index (χ1) is 11.1. The average molecular weight is 315 g/mol. The lowest BCUT2D eigenvalue weighted by Gasteiger charge is -2.48. The molecule has 1 aromatic rings. The van der Waals surface area contributed by atoms with E-state index >= 15 is 0 Å². The van der Waals surface area contributed by atoms with Crippen molar-refractivity contribution < 1.29 is 19.1 Å². The van der Waals surface area contributed by atoms with Crippen molar-refractivity contribution in [3.63, 3.8) is 0 Å². The molecule has 122 valence electrons. The van der Waals surface area contributed by atoms with Crippen molar-refractivity contribution in [2.45, 2.75) is 24.8 Å². The average Bonchev–Trinajstić information content (AvgIpc) is 2.60. The summed E-state index contributed by atoms with van der Waals surface area (Å²) in [7, 11) is 2.88. The summed E-state index contributed by atoms with van der Waals surface area (Å²) in [6, 6.07) is 9.20. The number of allylic oxidation sites excluding steroid dienone is 1. The number of ether oxygens (including phenoxy) is 2. The first-order valence-corrected chi connectivity index (χ1v) is 7.82. The zero-order valence-electron chi connectivity index (χ0n) is 13.4. The van der Waals surface area contributed by atoms with Crippen LogP contribution in [0.25, 0.3) is 0 Å². The van der Waals surface area contributed by atoms with Gasteiger partial charge in [0.05, 0.1) is 20.1 Å². The Morgan fingerprint density at radius 1 is 1.26 bits per heavy atom. The SMILES string of the molecule is COC(=O)[C@@]12CCCN[C@@H]1[C@@H](c1ccccc1)C(=O)C=C2OC. The number of hydrogen-bond donors (Lipinski definition) is 1. The van der Waals surface area contributed by atoms with E-state index in [-0.39, 0.29) is 17.8 Å². The van der Waals surface area contributed by atoms with Gasteiger partial charge in [-0.25, -0.2) is 0 Å². The third kappa shape index (κ3) is 2.36. The van der Waals surface area contributed by atoms with Crippen LogP contribution in [-0.2, 0) is 19.1 Å². The lowest BCUT2D eigenvalue weighted by atomic mass is 9.62. The van der Waals surface area contributed by atoms with E-state index in [4.69, 9.17) is 9.47 Å². The summed E-state index contributed by atoms with van der Waals surface area (Å²) in [6.45, 7) is 0.761. The van der Waals surface area contributed by atoms with Crippen LogP contribution in [0.4, 0.5) is 0 Å². The topological polar surface area (TPSA) is 64.6 Å². The van der Waals surface area contributed by atoms with Crippen molar-refractivity contribution in [1.82, 2.24) is 5.32 Å². The largest absolute Gasteiger partial charge is 0.500 e. The van der Waals surface area contributed by atoms with E-state index in [0.717, 1.165) is 18.5 Å². The van der Waals surface area contributed by atoms with Gasteiger partial charge < -0.3 is 14.8 Å². The Labute approximate surface area is 135 Å². The van der Waals surface area contributed by atoms with E-state index < -0.39 is 11.3 Å². The Balaban J connectivity index is 2.16. The van der Waals surface area contributed by atoms with Gasteiger partial charge in [0.2, 0.25) is 0 Å². The second-order valence-corrected chi connectivity index (χ2v) is 6.00. The highest BCUT2D eigenvalue weighted by Gasteiger charge is 2.58. The molecule has 1 N–H and O–H groups in total. The van der Waals surface area contributed by atoms with Crippen LogP contribution in [0.1, 0.15) is 24.3 Å². The molecule has 1 aliphatic carbocycles. The molecular weight excluding hydrogens is 294 g/mol. The molecule has 2 aliphatic rings. The number of hydrogen-bond acceptors (Lipinski definition) is 5. The van der Waals surface area contributed by atoms with Gasteiger partial charge >= 0.3 is 5.97 Å². The highest BCUT2D eigenvalue weighted by atomic mass is 16.5. The van der Waals surface area contributed by atoms with Gasteiger partial charge in [0.15, 0.2) is 5.78 Å². The standard InChI is InChI=1S/C18H21NO4/c1-22-14-11-13(20)15(12-7-4-3-5-8-12)16-18(14,17(21)23-2)9-6-10-19-16/h3-5,7-8,11,15-16,19H,6,9-10H2,1-2H3/t15-,16+,18+/m0/s1. The Bertz CT molecular complexity index is 640. The van der Waals surface area contributed by atoms with Crippen molar-refractivity contribution >= 4 is 11.8 Å². The quantitative estimate of drug-likeness (QED) is 0.862. The number of nitrogens with one attached hydrogen (secondary N) is 1. The molecular formula is C18H21NO4. The fourth-order valence-corrected chi connectivity index (χ4v) is 3.92. The first kappa shape index (κ1) is 15.7. The Morgan fingerprint density at radius 3 is 2.65 bits per heavy atom. The lowest BCUT2D eigenvalue weighted by Crippen LogP contribution is -2.61. The fourth-order valence-electron chi connectivity index (χ4n) is 3.92.